The fourth-order valence-corrected chi connectivity index (χ4v) is 2.86. The first-order chi connectivity index (χ1) is 8.96. The predicted molar refractivity (Wildman–Crippen MR) is 76.7 cm³/mol. The number of rotatable bonds is 7. The van der Waals surface area contributed by atoms with E-state index in [1.54, 1.807) is 0 Å². The fraction of sp³-hybridized carbons (Fsp3) is 0.867. The van der Waals surface area contributed by atoms with Crippen LogP contribution in [0.4, 0.5) is 0 Å². The first kappa shape index (κ1) is 16.2. The number of likely N-dealkylation sites (tertiary alicyclic amines) is 1. The predicted octanol–water partition coefficient (Wildman–Crippen LogP) is 2.33. The topological polar surface area (TPSA) is 49.4 Å². The van der Waals surface area contributed by atoms with Crippen molar-refractivity contribution in [3.8, 4) is 0 Å². The third kappa shape index (κ3) is 3.56. The lowest BCUT2D eigenvalue weighted by atomic mass is 10.0. The van der Waals surface area contributed by atoms with Crippen LogP contribution in [-0.2, 0) is 9.59 Å². The summed E-state index contributed by atoms with van der Waals surface area (Å²) < 4.78 is 0. The number of nitrogens with one attached hydrogen (secondary N) is 1. The maximum absolute atomic E-state index is 12.4. The van der Waals surface area contributed by atoms with Crippen molar-refractivity contribution in [1.29, 1.82) is 0 Å². The van der Waals surface area contributed by atoms with E-state index in [9.17, 15) is 9.59 Å². The van der Waals surface area contributed by atoms with Crippen LogP contribution in [0.3, 0.4) is 0 Å². The fourth-order valence-electron chi connectivity index (χ4n) is 2.86. The van der Waals surface area contributed by atoms with Gasteiger partial charge in [-0.05, 0) is 25.2 Å². The molecule has 1 heterocycles. The second kappa shape index (κ2) is 7.04. The van der Waals surface area contributed by atoms with Crippen molar-refractivity contribution in [3.63, 3.8) is 0 Å². The molecule has 1 N–H and O–H groups in total. The maximum Gasteiger partial charge on any atom is 0.247 e. The van der Waals surface area contributed by atoms with E-state index in [1.807, 2.05) is 13.8 Å². The van der Waals surface area contributed by atoms with Gasteiger partial charge in [0, 0.05) is 12.1 Å². The summed E-state index contributed by atoms with van der Waals surface area (Å²) in [5.74, 6) is 0.419. The molecule has 0 aromatic carbocycles. The van der Waals surface area contributed by atoms with E-state index in [2.05, 4.69) is 26.1 Å². The lowest BCUT2D eigenvalue weighted by Gasteiger charge is -2.26. The van der Waals surface area contributed by atoms with Crippen LogP contribution in [0.25, 0.3) is 0 Å². The quantitative estimate of drug-likeness (QED) is 0.721. The molecule has 0 aromatic rings. The van der Waals surface area contributed by atoms with Gasteiger partial charge in [0.1, 0.15) is 0 Å². The molecule has 0 bridgehead atoms. The minimum Gasteiger partial charge on any atom is -0.302 e. The normalized spacial score (nSPS) is 21.8. The Morgan fingerprint density at radius 3 is 2.16 bits per heavy atom. The van der Waals surface area contributed by atoms with Gasteiger partial charge in [-0.15, -0.1) is 0 Å². The van der Waals surface area contributed by atoms with Crippen LogP contribution in [0.15, 0.2) is 0 Å². The van der Waals surface area contributed by atoms with Crippen molar-refractivity contribution < 1.29 is 9.59 Å². The van der Waals surface area contributed by atoms with E-state index in [0.717, 1.165) is 19.3 Å². The SMILES string of the molecule is CCC(NC1CC(=O)N(C(CC)CC)C1=O)C(C)C. The second-order valence-electron chi connectivity index (χ2n) is 5.75. The molecule has 1 aliphatic rings. The molecule has 2 amide bonds. The molecular weight excluding hydrogens is 240 g/mol. The van der Waals surface area contributed by atoms with E-state index in [1.165, 1.54) is 4.90 Å². The molecular formula is C15H28N2O2. The average molecular weight is 268 g/mol. The number of amides is 2. The van der Waals surface area contributed by atoms with Gasteiger partial charge in [-0.3, -0.25) is 14.5 Å². The van der Waals surface area contributed by atoms with Crippen LogP contribution in [0.5, 0.6) is 0 Å². The summed E-state index contributed by atoms with van der Waals surface area (Å²) in [6, 6.07) is 0.0368. The Bertz CT molecular complexity index is 324. The molecule has 0 spiro atoms. The van der Waals surface area contributed by atoms with Gasteiger partial charge in [-0.25, -0.2) is 0 Å². The van der Waals surface area contributed by atoms with Crippen LogP contribution < -0.4 is 5.32 Å². The summed E-state index contributed by atoms with van der Waals surface area (Å²) in [6.45, 7) is 10.4. The van der Waals surface area contributed by atoms with Gasteiger partial charge in [0.05, 0.1) is 12.5 Å². The van der Waals surface area contributed by atoms with Crippen molar-refractivity contribution in [3.05, 3.63) is 0 Å². The number of carbonyl (C=O) groups excluding carboxylic acids is 2. The first-order valence-corrected chi connectivity index (χ1v) is 7.58. The monoisotopic (exact) mass is 268 g/mol. The van der Waals surface area contributed by atoms with Crippen LogP contribution in [0.1, 0.15) is 60.3 Å². The van der Waals surface area contributed by atoms with Crippen molar-refractivity contribution in [1.82, 2.24) is 10.2 Å². The van der Waals surface area contributed by atoms with Gasteiger partial charge < -0.3 is 5.32 Å². The molecule has 110 valence electrons. The van der Waals surface area contributed by atoms with E-state index < -0.39 is 0 Å². The molecule has 0 aromatic heterocycles. The number of hydrogen-bond donors (Lipinski definition) is 1. The van der Waals surface area contributed by atoms with Crippen LogP contribution >= 0.6 is 0 Å². The Hall–Kier alpha value is -0.900. The lowest BCUT2D eigenvalue weighted by Crippen LogP contribution is -2.47. The van der Waals surface area contributed by atoms with Gasteiger partial charge >= 0.3 is 0 Å². The average Bonchev–Trinajstić information content (AvgIpc) is 2.64. The van der Waals surface area contributed by atoms with Crippen molar-refractivity contribution in [2.75, 3.05) is 0 Å². The maximum atomic E-state index is 12.4. The van der Waals surface area contributed by atoms with Gasteiger partial charge in [0.25, 0.3) is 0 Å². The molecule has 1 fully saturated rings. The number of hydrogen-bond acceptors (Lipinski definition) is 3. The highest BCUT2D eigenvalue weighted by Crippen LogP contribution is 2.21. The zero-order valence-electron chi connectivity index (χ0n) is 12.9. The van der Waals surface area contributed by atoms with Crippen LogP contribution in [-0.4, -0.2) is 34.8 Å². The summed E-state index contributed by atoms with van der Waals surface area (Å²) >= 11 is 0. The van der Waals surface area contributed by atoms with Crippen molar-refractivity contribution in [2.45, 2.75) is 78.4 Å². The Balaban J connectivity index is 2.75. The molecule has 1 aliphatic heterocycles. The lowest BCUT2D eigenvalue weighted by molar-refractivity contribution is -0.141. The zero-order valence-corrected chi connectivity index (χ0v) is 12.9. The van der Waals surface area contributed by atoms with E-state index in [-0.39, 0.29) is 23.9 Å². The van der Waals surface area contributed by atoms with Crippen molar-refractivity contribution >= 4 is 11.8 Å². The molecule has 19 heavy (non-hydrogen) atoms. The summed E-state index contributed by atoms with van der Waals surface area (Å²) in [5.41, 5.74) is 0. The Labute approximate surface area is 116 Å². The Kier molecular flexibility index (Phi) is 5.98. The largest absolute Gasteiger partial charge is 0.302 e. The zero-order chi connectivity index (χ0) is 14.6. The molecule has 4 nitrogen and oxygen atoms in total. The summed E-state index contributed by atoms with van der Waals surface area (Å²) in [5, 5.41) is 3.37. The van der Waals surface area contributed by atoms with Crippen LogP contribution in [0, 0.1) is 5.92 Å². The van der Waals surface area contributed by atoms with Crippen LogP contribution in [0.2, 0.25) is 0 Å². The van der Waals surface area contributed by atoms with Gasteiger partial charge in [0.2, 0.25) is 11.8 Å². The highest BCUT2D eigenvalue weighted by molar-refractivity contribution is 6.05. The molecule has 0 radical (unpaired) electrons. The minimum absolute atomic E-state index is 0.0187. The third-order valence-corrected chi connectivity index (χ3v) is 4.15. The van der Waals surface area contributed by atoms with Gasteiger partial charge in [0.15, 0.2) is 0 Å². The molecule has 2 unspecified atom stereocenters. The smallest absolute Gasteiger partial charge is 0.247 e. The Morgan fingerprint density at radius 1 is 1.16 bits per heavy atom. The number of nitrogens with zero attached hydrogens (tertiary/aromatic N) is 1. The minimum atomic E-state index is -0.319. The summed E-state index contributed by atoms with van der Waals surface area (Å²) in [6.07, 6.45) is 2.96. The number of imide groups is 1. The molecule has 2 atom stereocenters. The van der Waals surface area contributed by atoms with Crippen molar-refractivity contribution in [2.24, 2.45) is 5.92 Å². The highest BCUT2D eigenvalue weighted by Gasteiger charge is 2.41. The van der Waals surface area contributed by atoms with Gasteiger partial charge in [-0.1, -0.05) is 34.6 Å². The summed E-state index contributed by atoms with van der Waals surface area (Å²) in [4.78, 5) is 25.9. The Morgan fingerprint density at radius 2 is 1.74 bits per heavy atom. The second-order valence-corrected chi connectivity index (χ2v) is 5.75. The highest BCUT2D eigenvalue weighted by atomic mass is 16.2. The first-order valence-electron chi connectivity index (χ1n) is 7.58. The van der Waals surface area contributed by atoms with Gasteiger partial charge in [-0.2, -0.15) is 0 Å². The standard InChI is InChI=1S/C15H28N2O2/c1-6-11(7-2)17-14(18)9-13(15(17)19)16-12(8-3)10(4)5/h10-13,16H,6-9H2,1-5H3. The number of carbonyl (C=O) groups is 2. The summed E-state index contributed by atoms with van der Waals surface area (Å²) in [7, 11) is 0. The third-order valence-electron chi connectivity index (χ3n) is 4.15. The van der Waals surface area contributed by atoms with E-state index >= 15 is 0 Å². The molecule has 1 rings (SSSR count). The van der Waals surface area contributed by atoms with E-state index in [4.69, 9.17) is 0 Å². The molecule has 4 heteroatoms. The molecule has 0 aliphatic carbocycles. The molecule has 0 saturated carbocycles. The molecule has 1 saturated heterocycles. The van der Waals surface area contributed by atoms with E-state index in [0.29, 0.717) is 18.4 Å².